The number of hydrogen-bond donors (Lipinski definition) is 1. The molecule has 3 heterocycles. The summed E-state index contributed by atoms with van der Waals surface area (Å²) in [4.78, 5) is 28.7. The molecule has 0 aliphatic carbocycles. The van der Waals surface area contributed by atoms with Gasteiger partial charge < -0.3 is 15.1 Å². The predicted molar refractivity (Wildman–Crippen MR) is 103 cm³/mol. The molecule has 2 aromatic rings. The molecule has 2 aliphatic rings. The number of nitrogens with zero attached hydrogens (tertiary/aromatic N) is 4. The van der Waals surface area contributed by atoms with Gasteiger partial charge >= 0.3 is 6.03 Å². The maximum absolute atomic E-state index is 13.3. The van der Waals surface area contributed by atoms with Crippen molar-refractivity contribution in [3.63, 3.8) is 0 Å². The second-order valence-corrected chi connectivity index (χ2v) is 7.25. The molecule has 0 radical (unpaired) electrons. The smallest absolute Gasteiger partial charge is 0.322 e. The van der Waals surface area contributed by atoms with Gasteiger partial charge in [-0.25, -0.2) is 9.18 Å². The van der Waals surface area contributed by atoms with Crippen LogP contribution in [0.5, 0.6) is 0 Å². The second-order valence-electron chi connectivity index (χ2n) is 6.84. The number of likely N-dealkylation sites (N-methyl/N-ethyl adjacent to an activating group) is 1. The van der Waals surface area contributed by atoms with Gasteiger partial charge in [0.2, 0.25) is 0 Å². The van der Waals surface area contributed by atoms with Crippen LogP contribution in [0.3, 0.4) is 0 Å². The SMILES string of the molecule is CN1CC=CCn2nc3c(c2C1=O)CN(C(=O)Nc1ccc(F)c(Cl)c1)CC3. The second kappa shape index (κ2) is 7.27. The van der Waals surface area contributed by atoms with E-state index in [1.54, 1.807) is 21.5 Å². The number of urea groups is 1. The molecule has 0 unspecified atom stereocenters. The van der Waals surface area contributed by atoms with Crippen LogP contribution in [0, 0.1) is 5.82 Å². The summed E-state index contributed by atoms with van der Waals surface area (Å²) in [5.74, 6) is -0.650. The summed E-state index contributed by atoms with van der Waals surface area (Å²) in [5, 5.41) is 7.25. The first-order valence-electron chi connectivity index (χ1n) is 8.94. The number of fused-ring (bicyclic) bond motifs is 3. The standard InChI is InChI=1S/C19H19ClFN5O2/c1-24-7-2-3-8-26-17(18(24)27)13-11-25(9-6-16(13)23-26)19(28)22-12-4-5-15(21)14(20)10-12/h2-5,10H,6-9,11H2,1H3,(H,22,28). The summed E-state index contributed by atoms with van der Waals surface area (Å²) in [7, 11) is 1.74. The van der Waals surface area contributed by atoms with Crippen molar-refractivity contribution in [2.45, 2.75) is 19.5 Å². The van der Waals surface area contributed by atoms with Crippen LogP contribution in [-0.2, 0) is 19.5 Å². The molecule has 0 fully saturated rings. The number of carbonyl (C=O) groups is 2. The number of hydrogen-bond acceptors (Lipinski definition) is 3. The fraction of sp³-hybridized carbons (Fsp3) is 0.316. The van der Waals surface area contributed by atoms with E-state index in [1.807, 2.05) is 12.2 Å². The number of benzene rings is 1. The number of anilines is 1. The van der Waals surface area contributed by atoms with Crippen LogP contribution in [0.2, 0.25) is 5.02 Å². The van der Waals surface area contributed by atoms with Crippen molar-refractivity contribution in [2.75, 3.05) is 25.5 Å². The van der Waals surface area contributed by atoms with Crippen LogP contribution >= 0.6 is 11.6 Å². The summed E-state index contributed by atoms with van der Waals surface area (Å²) in [5.41, 5.74) is 2.57. The van der Waals surface area contributed by atoms with Gasteiger partial charge in [0.15, 0.2) is 0 Å². The molecule has 1 aromatic carbocycles. The third-order valence-corrected chi connectivity index (χ3v) is 5.22. The van der Waals surface area contributed by atoms with E-state index < -0.39 is 5.82 Å². The average Bonchev–Trinajstić information content (AvgIpc) is 3.03. The minimum absolute atomic E-state index is 0.0570. The first-order chi connectivity index (χ1) is 13.4. The Morgan fingerprint density at radius 1 is 1.29 bits per heavy atom. The van der Waals surface area contributed by atoms with Crippen LogP contribution in [-0.4, -0.2) is 51.7 Å². The quantitative estimate of drug-likeness (QED) is 0.744. The van der Waals surface area contributed by atoms with Gasteiger partial charge in [0.25, 0.3) is 5.91 Å². The molecule has 0 bridgehead atoms. The molecule has 0 saturated heterocycles. The van der Waals surface area contributed by atoms with E-state index in [0.29, 0.717) is 37.4 Å². The highest BCUT2D eigenvalue weighted by Crippen LogP contribution is 2.25. The number of nitrogens with one attached hydrogen (secondary N) is 1. The molecule has 7 nitrogen and oxygen atoms in total. The number of rotatable bonds is 1. The Hall–Kier alpha value is -2.87. The number of amides is 3. The minimum Gasteiger partial charge on any atom is -0.337 e. The van der Waals surface area contributed by atoms with E-state index in [9.17, 15) is 14.0 Å². The lowest BCUT2D eigenvalue weighted by molar-refractivity contribution is 0.0794. The van der Waals surface area contributed by atoms with Gasteiger partial charge in [-0.3, -0.25) is 9.48 Å². The largest absolute Gasteiger partial charge is 0.337 e. The summed E-state index contributed by atoms with van der Waals surface area (Å²) in [6.45, 7) is 1.83. The first kappa shape index (κ1) is 18.5. The van der Waals surface area contributed by atoms with E-state index in [4.69, 9.17) is 11.6 Å². The molecule has 3 amide bonds. The number of carbonyl (C=O) groups excluding carboxylic acids is 2. The Morgan fingerprint density at radius 3 is 2.86 bits per heavy atom. The first-order valence-corrected chi connectivity index (χ1v) is 9.32. The summed E-state index contributed by atoms with van der Waals surface area (Å²) in [6, 6.07) is 3.69. The van der Waals surface area contributed by atoms with E-state index in [1.165, 1.54) is 18.2 Å². The van der Waals surface area contributed by atoms with Crippen molar-refractivity contribution in [2.24, 2.45) is 0 Å². The topological polar surface area (TPSA) is 70.5 Å². The monoisotopic (exact) mass is 403 g/mol. The number of aromatic nitrogens is 2. The van der Waals surface area contributed by atoms with Gasteiger partial charge in [-0.05, 0) is 18.2 Å². The third kappa shape index (κ3) is 3.35. The number of halogens is 2. The van der Waals surface area contributed by atoms with E-state index >= 15 is 0 Å². The zero-order chi connectivity index (χ0) is 19.8. The van der Waals surface area contributed by atoms with E-state index in [-0.39, 0.29) is 23.5 Å². The van der Waals surface area contributed by atoms with Gasteiger partial charge in [-0.2, -0.15) is 5.10 Å². The zero-order valence-corrected chi connectivity index (χ0v) is 16.0. The molecule has 4 rings (SSSR count). The van der Waals surface area contributed by atoms with E-state index in [0.717, 1.165) is 11.3 Å². The van der Waals surface area contributed by atoms with Crippen LogP contribution in [0.1, 0.15) is 21.7 Å². The predicted octanol–water partition coefficient (Wildman–Crippen LogP) is 2.91. The third-order valence-electron chi connectivity index (χ3n) is 4.93. The highest BCUT2D eigenvalue weighted by Gasteiger charge is 2.31. The highest BCUT2D eigenvalue weighted by molar-refractivity contribution is 6.31. The maximum Gasteiger partial charge on any atom is 0.322 e. The molecule has 28 heavy (non-hydrogen) atoms. The van der Waals surface area contributed by atoms with Crippen LogP contribution in [0.15, 0.2) is 30.4 Å². The summed E-state index contributed by atoms with van der Waals surface area (Å²) < 4.78 is 15.0. The fourth-order valence-corrected chi connectivity index (χ4v) is 3.60. The molecule has 0 atom stereocenters. The van der Waals surface area contributed by atoms with Crippen LogP contribution < -0.4 is 5.32 Å². The molecule has 0 spiro atoms. The molecule has 1 aromatic heterocycles. The van der Waals surface area contributed by atoms with Crippen molar-refractivity contribution in [3.8, 4) is 0 Å². The van der Waals surface area contributed by atoms with Crippen LogP contribution in [0.25, 0.3) is 0 Å². The molecule has 1 N–H and O–H groups in total. The van der Waals surface area contributed by atoms with Crippen molar-refractivity contribution < 1.29 is 14.0 Å². The van der Waals surface area contributed by atoms with Gasteiger partial charge in [-0.1, -0.05) is 23.8 Å². The van der Waals surface area contributed by atoms with Gasteiger partial charge in [0.1, 0.15) is 11.5 Å². The lowest BCUT2D eigenvalue weighted by atomic mass is 10.0. The molecule has 146 valence electrons. The summed E-state index contributed by atoms with van der Waals surface area (Å²) in [6.07, 6.45) is 4.48. The normalized spacial score (nSPS) is 16.3. The lowest BCUT2D eigenvalue weighted by Gasteiger charge is -2.27. The van der Waals surface area contributed by atoms with Crippen molar-refractivity contribution in [1.29, 1.82) is 0 Å². The Morgan fingerprint density at radius 2 is 2.07 bits per heavy atom. The van der Waals surface area contributed by atoms with Gasteiger partial charge in [0, 0.05) is 37.8 Å². The van der Waals surface area contributed by atoms with Gasteiger partial charge in [-0.15, -0.1) is 0 Å². The number of allylic oxidation sites excluding steroid dienone is 1. The zero-order valence-electron chi connectivity index (χ0n) is 15.3. The lowest BCUT2D eigenvalue weighted by Crippen LogP contribution is -2.39. The summed E-state index contributed by atoms with van der Waals surface area (Å²) >= 11 is 5.77. The Balaban J connectivity index is 1.57. The van der Waals surface area contributed by atoms with Crippen molar-refractivity contribution >= 4 is 29.2 Å². The molecule has 9 heteroatoms. The van der Waals surface area contributed by atoms with Crippen LogP contribution in [0.4, 0.5) is 14.9 Å². The van der Waals surface area contributed by atoms with Crippen molar-refractivity contribution in [3.05, 3.63) is 58.1 Å². The Kier molecular flexibility index (Phi) is 4.80. The van der Waals surface area contributed by atoms with Crippen molar-refractivity contribution in [1.82, 2.24) is 19.6 Å². The van der Waals surface area contributed by atoms with Gasteiger partial charge in [0.05, 0.1) is 23.8 Å². The molecule has 2 aliphatic heterocycles. The molecular formula is C19H19ClFN5O2. The highest BCUT2D eigenvalue weighted by atomic mass is 35.5. The molecule has 0 saturated carbocycles. The Labute approximate surface area is 166 Å². The fourth-order valence-electron chi connectivity index (χ4n) is 3.42. The average molecular weight is 404 g/mol. The maximum atomic E-state index is 13.3. The minimum atomic E-state index is -0.544. The molecular weight excluding hydrogens is 385 g/mol. The Bertz CT molecular complexity index is 987. The van der Waals surface area contributed by atoms with E-state index in [2.05, 4.69) is 10.4 Å².